The Morgan fingerprint density at radius 3 is 2.51 bits per heavy atom. The van der Waals surface area contributed by atoms with Gasteiger partial charge in [0.15, 0.2) is 17.0 Å². The van der Waals surface area contributed by atoms with Crippen LogP contribution in [-0.4, -0.2) is 44.9 Å². The Bertz CT molecular complexity index is 1290. The van der Waals surface area contributed by atoms with Crippen LogP contribution in [0.1, 0.15) is 75.8 Å². The predicted molar refractivity (Wildman–Crippen MR) is 153 cm³/mol. The van der Waals surface area contributed by atoms with E-state index in [1.807, 2.05) is 0 Å². The maximum absolute atomic E-state index is 15.1. The van der Waals surface area contributed by atoms with Gasteiger partial charge >= 0.3 is 12.1 Å². The standard InChI is InChI=1S/C28H36FN5O6S/c1-28(2,3)39-27(37)30-19-12-10-18(11-13-19)25-31-24(32-40-25)21-14-9-17(15-22(21)29)16-23(26(35)36)34-41(38)33-20-7-5-4-6-8-20/h9-15,20,23,25,33-34H,4-8,16H2,1-3H3,(H,30,37)(H,31,32)(H,35,36). The Kier molecular flexibility index (Phi) is 10.1. The molecule has 0 spiro atoms. The maximum atomic E-state index is 15.1. The molecule has 5 N–H and O–H groups in total. The monoisotopic (exact) mass is 589 g/mol. The molecule has 2 aromatic carbocycles. The van der Waals surface area contributed by atoms with Crippen LogP contribution in [0, 0.1) is 5.82 Å². The summed E-state index contributed by atoms with van der Waals surface area (Å²) in [5, 5.41) is 12.3. The van der Waals surface area contributed by atoms with Crippen LogP contribution < -0.4 is 20.2 Å². The summed E-state index contributed by atoms with van der Waals surface area (Å²) < 4.78 is 38.3. The van der Waals surface area contributed by atoms with E-state index in [-0.39, 0.29) is 23.9 Å². The molecule has 13 heteroatoms. The van der Waals surface area contributed by atoms with Gasteiger partial charge in [0, 0.05) is 17.3 Å². The summed E-state index contributed by atoms with van der Waals surface area (Å²) in [6, 6.07) is 10.0. The number of aliphatic imine (C=N–C) groups is 1. The molecule has 0 bridgehead atoms. The molecular formula is C28H36FN5O6S. The number of halogens is 1. The highest BCUT2D eigenvalue weighted by atomic mass is 32.2. The fourth-order valence-electron chi connectivity index (χ4n) is 4.53. The number of hydrogen-bond acceptors (Lipinski definition) is 7. The highest BCUT2D eigenvalue weighted by molar-refractivity contribution is 7.81. The van der Waals surface area contributed by atoms with Gasteiger partial charge in [-0.15, -0.1) is 0 Å². The minimum Gasteiger partial charge on any atom is -0.480 e. The topological polar surface area (TPSA) is 150 Å². The van der Waals surface area contributed by atoms with E-state index in [9.17, 15) is 18.9 Å². The largest absolute Gasteiger partial charge is 0.480 e. The number of rotatable bonds is 10. The zero-order chi connectivity index (χ0) is 29.6. The second kappa shape index (κ2) is 13.5. The van der Waals surface area contributed by atoms with Crippen molar-refractivity contribution in [3.8, 4) is 0 Å². The van der Waals surface area contributed by atoms with Crippen LogP contribution in [0.5, 0.6) is 0 Å². The summed E-state index contributed by atoms with van der Waals surface area (Å²) >= 11 is -1.73. The van der Waals surface area contributed by atoms with Crippen molar-refractivity contribution in [2.45, 2.75) is 83.2 Å². The molecule has 1 aliphatic heterocycles. The van der Waals surface area contributed by atoms with Gasteiger partial charge in [0.1, 0.15) is 17.5 Å². The molecule has 0 aromatic heterocycles. The van der Waals surface area contributed by atoms with Crippen LogP contribution in [0.25, 0.3) is 0 Å². The lowest BCUT2D eigenvalue weighted by atomic mass is 9.96. The lowest BCUT2D eigenvalue weighted by Gasteiger charge is -2.23. The number of benzene rings is 2. The molecule has 11 nitrogen and oxygen atoms in total. The van der Waals surface area contributed by atoms with E-state index in [1.165, 1.54) is 12.1 Å². The Labute approximate surface area is 241 Å². The van der Waals surface area contributed by atoms with E-state index in [2.05, 4.69) is 25.2 Å². The minimum atomic E-state index is -1.73. The van der Waals surface area contributed by atoms with Crippen molar-refractivity contribution in [1.29, 1.82) is 0 Å². The second-order valence-corrected chi connectivity index (χ2v) is 12.1. The van der Waals surface area contributed by atoms with Crippen LogP contribution in [0.3, 0.4) is 0 Å². The molecule has 2 aromatic rings. The number of anilines is 1. The first-order valence-corrected chi connectivity index (χ1v) is 14.7. The molecule has 2 aliphatic rings. The molecule has 1 aliphatic carbocycles. The fraction of sp³-hybridized carbons (Fsp3) is 0.464. The number of nitrogens with one attached hydrogen (secondary N) is 4. The first kappa shape index (κ1) is 30.6. The van der Waals surface area contributed by atoms with Crippen molar-refractivity contribution in [1.82, 2.24) is 14.9 Å². The van der Waals surface area contributed by atoms with Gasteiger partial charge in [0.25, 0.3) is 0 Å². The van der Waals surface area contributed by atoms with Gasteiger partial charge in [0.2, 0.25) is 6.23 Å². The van der Waals surface area contributed by atoms with Gasteiger partial charge in [-0.2, -0.15) is 0 Å². The molecule has 1 fully saturated rings. The van der Waals surface area contributed by atoms with Gasteiger partial charge in [-0.1, -0.05) is 37.5 Å². The molecule has 3 unspecified atom stereocenters. The molecule has 0 radical (unpaired) electrons. The molecular weight excluding hydrogens is 553 g/mol. The number of nitrogens with zero attached hydrogens (tertiary/aromatic N) is 1. The van der Waals surface area contributed by atoms with Crippen LogP contribution >= 0.6 is 0 Å². The van der Waals surface area contributed by atoms with Gasteiger partial charge in [-0.3, -0.25) is 10.1 Å². The predicted octanol–water partition coefficient (Wildman–Crippen LogP) is 4.24. The number of ether oxygens (including phenoxy) is 1. The normalized spacial score (nSPS) is 19.1. The highest BCUT2D eigenvalue weighted by Crippen LogP contribution is 2.26. The molecule has 222 valence electrons. The molecule has 41 heavy (non-hydrogen) atoms. The molecule has 1 amide bonds. The second-order valence-electron chi connectivity index (χ2n) is 11.0. The van der Waals surface area contributed by atoms with Gasteiger partial charge in [-0.05, 0) is 69.9 Å². The van der Waals surface area contributed by atoms with Gasteiger partial charge in [0.05, 0.1) is 5.56 Å². The number of carbonyl (C=O) groups is 2. The SMILES string of the molecule is CC(C)(C)OC(=O)Nc1ccc(C2N=C(c3ccc(CC(NS(=O)NC4CCCCC4)C(=O)O)cc3F)NO2)cc1. The Hall–Kier alpha value is -3.39. The molecule has 4 rings (SSSR count). The summed E-state index contributed by atoms with van der Waals surface area (Å²) in [7, 11) is 0. The van der Waals surface area contributed by atoms with Crippen molar-refractivity contribution in [3.63, 3.8) is 0 Å². The van der Waals surface area contributed by atoms with Crippen molar-refractivity contribution < 1.29 is 32.9 Å². The lowest BCUT2D eigenvalue weighted by Crippen LogP contribution is -2.46. The van der Waals surface area contributed by atoms with Crippen LogP contribution in [0.2, 0.25) is 0 Å². The highest BCUT2D eigenvalue weighted by Gasteiger charge is 2.26. The number of hydroxylamine groups is 1. The summed E-state index contributed by atoms with van der Waals surface area (Å²) in [6.07, 6.45) is 3.67. The van der Waals surface area contributed by atoms with Crippen molar-refractivity contribution in [2.75, 3.05) is 5.32 Å². The average Bonchev–Trinajstić information content (AvgIpc) is 3.38. The molecule has 3 atom stereocenters. The zero-order valence-corrected chi connectivity index (χ0v) is 24.1. The summed E-state index contributed by atoms with van der Waals surface area (Å²) in [5.74, 6) is -1.61. The minimum absolute atomic E-state index is 0.0622. The van der Waals surface area contributed by atoms with E-state index in [0.29, 0.717) is 16.8 Å². The first-order chi connectivity index (χ1) is 19.5. The number of hydrogen-bond donors (Lipinski definition) is 5. The van der Waals surface area contributed by atoms with E-state index in [4.69, 9.17) is 9.57 Å². The average molecular weight is 590 g/mol. The fourth-order valence-corrected chi connectivity index (χ4v) is 5.58. The quantitative estimate of drug-likeness (QED) is 0.278. The van der Waals surface area contributed by atoms with E-state index in [0.717, 1.165) is 32.1 Å². The van der Waals surface area contributed by atoms with Gasteiger partial charge < -0.3 is 9.84 Å². The van der Waals surface area contributed by atoms with Crippen LogP contribution in [0.4, 0.5) is 14.9 Å². The van der Waals surface area contributed by atoms with E-state index < -0.39 is 46.9 Å². The van der Waals surface area contributed by atoms with Crippen molar-refractivity contribution >= 4 is 34.8 Å². The lowest BCUT2D eigenvalue weighted by molar-refractivity contribution is -0.138. The number of aliphatic carboxylic acids is 1. The number of carboxylic acids is 1. The third kappa shape index (κ3) is 9.05. The van der Waals surface area contributed by atoms with Crippen LogP contribution in [-0.2, 0) is 32.0 Å². The van der Waals surface area contributed by atoms with E-state index >= 15 is 4.39 Å². The smallest absolute Gasteiger partial charge is 0.412 e. The summed E-state index contributed by atoms with van der Waals surface area (Å²) in [5.41, 5.74) is 3.80. The number of carboxylic acid groups (broad SMARTS) is 1. The maximum Gasteiger partial charge on any atom is 0.412 e. The van der Waals surface area contributed by atoms with Crippen LogP contribution in [0.15, 0.2) is 47.5 Å². The first-order valence-electron chi connectivity index (χ1n) is 13.5. The zero-order valence-electron chi connectivity index (χ0n) is 23.2. The summed E-state index contributed by atoms with van der Waals surface area (Å²) in [4.78, 5) is 33.7. The Balaban J connectivity index is 1.36. The number of carbonyl (C=O) groups excluding carboxylic acids is 1. The Morgan fingerprint density at radius 2 is 1.88 bits per heavy atom. The van der Waals surface area contributed by atoms with Gasteiger partial charge in [-0.25, -0.2) is 38.1 Å². The molecule has 1 heterocycles. The van der Waals surface area contributed by atoms with Crippen molar-refractivity contribution in [2.24, 2.45) is 4.99 Å². The molecule has 0 saturated heterocycles. The number of amides is 1. The number of amidine groups is 1. The molecule has 1 saturated carbocycles. The van der Waals surface area contributed by atoms with Crippen molar-refractivity contribution in [3.05, 3.63) is 65.0 Å². The summed E-state index contributed by atoms with van der Waals surface area (Å²) in [6.45, 7) is 5.32. The third-order valence-electron chi connectivity index (χ3n) is 6.51. The Morgan fingerprint density at radius 1 is 1.17 bits per heavy atom. The van der Waals surface area contributed by atoms with E-state index in [1.54, 1.807) is 51.1 Å². The third-order valence-corrected chi connectivity index (χ3v) is 7.56.